The number of aryl methyl sites for hydroxylation is 1. The molecule has 1 atom stereocenters. The normalized spacial score (nSPS) is 17.4. The first kappa shape index (κ1) is 20.5. The summed E-state index contributed by atoms with van der Waals surface area (Å²) in [5.74, 6) is -1.15. The fourth-order valence-electron chi connectivity index (χ4n) is 3.84. The number of fused-ring (bicyclic) bond motifs is 1. The molecule has 0 radical (unpaired) electrons. The molecule has 1 aliphatic heterocycles. The highest BCUT2D eigenvalue weighted by Crippen LogP contribution is 2.27. The van der Waals surface area contributed by atoms with E-state index in [-0.39, 0.29) is 12.5 Å². The zero-order valence-electron chi connectivity index (χ0n) is 16.4. The van der Waals surface area contributed by atoms with Crippen LogP contribution in [0.5, 0.6) is 0 Å². The number of imidazole rings is 1. The molecule has 2 heterocycles. The van der Waals surface area contributed by atoms with E-state index in [2.05, 4.69) is 10.3 Å². The summed E-state index contributed by atoms with van der Waals surface area (Å²) in [6.07, 6.45) is 3.43. The number of nitrogens with zero attached hydrogens (tertiary/aromatic N) is 3. The van der Waals surface area contributed by atoms with Crippen LogP contribution in [0.3, 0.4) is 0 Å². The lowest BCUT2D eigenvalue weighted by Crippen LogP contribution is -2.46. The van der Waals surface area contributed by atoms with Gasteiger partial charge in [-0.1, -0.05) is 24.3 Å². The van der Waals surface area contributed by atoms with E-state index >= 15 is 0 Å². The van der Waals surface area contributed by atoms with Crippen LogP contribution in [0.25, 0.3) is 11.0 Å². The lowest BCUT2D eigenvalue weighted by atomic mass is 10.2. The van der Waals surface area contributed by atoms with Crippen LogP contribution in [0, 0.1) is 5.82 Å². The summed E-state index contributed by atoms with van der Waals surface area (Å²) in [4.78, 5) is 16.6. The smallest absolute Gasteiger partial charge is 0.246 e. The van der Waals surface area contributed by atoms with Crippen molar-refractivity contribution in [3.05, 3.63) is 60.7 Å². The van der Waals surface area contributed by atoms with E-state index in [9.17, 15) is 17.6 Å². The van der Waals surface area contributed by atoms with Crippen molar-refractivity contribution in [3.63, 3.8) is 0 Å². The topological polar surface area (TPSA) is 84.3 Å². The van der Waals surface area contributed by atoms with Crippen LogP contribution < -0.4 is 5.32 Å². The lowest BCUT2D eigenvalue weighted by Gasteiger charge is -2.23. The minimum absolute atomic E-state index is 0.204. The van der Waals surface area contributed by atoms with Gasteiger partial charge in [0.25, 0.3) is 0 Å². The Hall–Kier alpha value is -2.78. The summed E-state index contributed by atoms with van der Waals surface area (Å²) >= 11 is 0. The Morgan fingerprint density at radius 3 is 2.77 bits per heavy atom. The molecular formula is C21H23FN4O3S. The predicted molar refractivity (Wildman–Crippen MR) is 111 cm³/mol. The first-order valence-corrected chi connectivity index (χ1v) is 11.4. The highest BCUT2D eigenvalue weighted by molar-refractivity contribution is 7.89. The van der Waals surface area contributed by atoms with Gasteiger partial charge in [-0.25, -0.2) is 17.8 Å². The molecule has 7 nitrogen and oxygen atoms in total. The van der Waals surface area contributed by atoms with E-state index in [1.807, 2.05) is 28.8 Å². The van der Waals surface area contributed by atoms with Crippen LogP contribution in [-0.4, -0.2) is 47.3 Å². The quantitative estimate of drug-likeness (QED) is 0.584. The number of sulfonamides is 1. The molecule has 1 aliphatic rings. The summed E-state index contributed by atoms with van der Waals surface area (Å²) in [5, 5.41) is 2.83. The molecule has 0 bridgehead atoms. The zero-order valence-corrected chi connectivity index (χ0v) is 17.2. The average molecular weight is 431 g/mol. The molecule has 1 saturated heterocycles. The Bertz CT molecular complexity index is 1160. The Kier molecular flexibility index (Phi) is 5.83. The third-order valence-corrected chi connectivity index (χ3v) is 7.27. The van der Waals surface area contributed by atoms with Crippen molar-refractivity contribution in [2.75, 3.05) is 13.1 Å². The number of hydrogen-bond acceptors (Lipinski definition) is 4. The van der Waals surface area contributed by atoms with Gasteiger partial charge in [-0.2, -0.15) is 4.31 Å². The summed E-state index contributed by atoms with van der Waals surface area (Å²) in [5.41, 5.74) is 1.95. The van der Waals surface area contributed by atoms with Gasteiger partial charge in [-0.15, -0.1) is 0 Å². The molecular weight excluding hydrogens is 407 g/mol. The molecule has 3 aromatic rings. The van der Waals surface area contributed by atoms with Crippen LogP contribution in [0.1, 0.15) is 19.3 Å². The van der Waals surface area contributed by atoms with Gasteiger partial charge in [-0.3, -0.25) is 4.79 Å². The number of carbonyl (C=O) groups is 1. The molecule has 2 aromatic carbocycles. The minimum Gasteiger partial charge on any atom is -0.355 e. The van der Waals surface area contributed by atoms with E-state index in [4.69, 9.17) is 0 Å². The van der Waals surface area contributed by atoms with Crippen molar-refractivity contribution in [1.29, 1.82) is 0 Å². The fourth-order valence-corrected chi connectivity index (χ4v) is 5.56. The summed E-state index contributed by atoms with van der Waals surface area (Å²) in [7, 11) is -4.07. The van der Waals surface area contributed by atoms with Crippen molar-refractivity contribution in [3.8, 4) is 0 Å². The maximum atomic E-state index is 14.0. The molecule has 1 aromatic heterocycles. The number of aromatic nitrogens is 2. The Balaban J connectivity index is 1.36. The van der Waals surface area contributed by atoms with E-state index in [0.29, 0.717) is 32.4 Å². The van der Waals surface area contributed by atoms with Crippen LogP contribution in [0.2, 0.25) is 0 Å². The van der Waals surface area contributed by atoms with Crippen molar-refractivity contribution in [2.45, 2.75) is 36.7 Å². The van der Waals surface area contributed by atoms with Gasteiger partial charge in [0.2, 0.25) is 15.9 Å². The van der Waals surface area contributed by atoms with E-state index in [1.165, 1.54) is 18.2 Å². The minimum atomic E-state index is -4.07. The molecule has 158 valence electrons. The highest BCUT2D eigenvalue weighted by atomic mass is 32.2. The van der Waals surface area contributed by atoms with Gasteiger partial charge >= 0.3 is 0 Å². The number of benzene rings is 2. The van der Waals surface area contributed by atoms with E-state index in [1.54, 1.807) is 6.33 Å². The number of amides is 1. The number of halogens is 1. The molecule has 1 amide bonds. The number of rotatable bonds is 7. The summed E-state index contributed by atoms with van der Waals surface area (Å²) in [6.45, 7) is 1.30. The van der Waals surface area contributed by atoms with Gasteiger partial charge in [0.15, 0.2) is 0 Å². The van der Waals surface area contributed by atoms with Crippen LogP contribution in [0.15, 0.2) is 59.8 Å². The second-order valence-electron chi connectivity index (χ2n) is 7.28. The van der Waals surface area contributed by atoms with Gasteiger partial charge in [0, 0.05) is 19.6 Å². The zero-order chi connectivity index (χ0) is 21.1. The molecule has 9 heteroatoms. The molecule has 1 N–H and O–H groups in total. The van der Waals surface area contributed by atoms with Gasteiger partial charge in [-0.05, 0) is 43.5 Å². The Morgan fingerprint density at radius 2 is 1.93 bits per heavy atom. The van der Waals surface area contributed by atoms with Gasteiger partial charge in [0.05, 0.1) is 17.4 Å². The molecule has 0 aliphatic carbocycles. The molecule has 0 spiro atoms. The SMILES string of the molecule is O=C(NCCCn1cnc2ccccc21)C1CCCN1S(=O)(=O)c1ccccc1F. The third-order valence-electron chi connectivity index (χ3n) is 5.33. The summed E-state index contributed by atoms with van der Waals surface area (Å²) in [6, 6.07) is 12.3. The number of carbonyl (C=O) groups excluding carboxylic acids is 1. The maximum Gasteiger partial charge on any atom is 0.246 e. The number of nitrogens with one attached hydrogen (secondary N) is 1. The van der Waals surface area contributed by atoms with Crippen molar-refractivity contribution in [1.82, 2.24) is 19.2 Å². The van der Waals surface area contributed by atoms with Crippen LogP contribution in [-0.2, 0) is 21.4 Å². The van der Waals surface area contributed by atoms with Crippen molar-refractivity contribution < 1.29 is 17.6 Å². The maximum absolute atomic E-state index is 14.0. The molecule has 30 heavy (non-hydrogen) atoms. The lowest BCUT2D eigenvalue weighted by molar-refractivity contribution is -0.124. The van der Waals surface area contributed by atoms with E-state index < -0.39 is 26.8 Å². The molecule has 4 rings (SSSR count). The first-order chi connectivity index (χ1) is 14.5. The van der Waals surface area contributed by atoms with Gasteiger partial charge < -0.3 is 9.88 Å². The standard InChI is InChI=1S/C21H23FN4O3S/c22-16-7-1-4-11-20(16)30(28,29)26-14-5-10-19(26)21(27)23-12-6-13-25-15-24-17-8-2-3-9-18(17)25/h1-4,7-9,11,15,19H,5-6,10,12-14H2,(H,23,27). The number of para-hydroxylation sites is 2. The Labute approximate surface area is 174 Å². The molecule has 0 saturated carbocycles. The monoisotopic (exact) mass is 430 g/mol. The van der Waals surface area contributed by atoms with E-state index in [0.717, 1.165) is 21.4 Å². The average Bonchev–Trinajstić information content (AvgIpc) is 3.39. The van der Waals surface area contributed by atoms with Crippen molar-refractivity contribution >= 4 is 27.0 Å². The Morgan fingerprint density at radius 1 is 1.17 bits per heavy atom. The van der Waals surface area contributed by atoms with Gasteiger partial charge in [0.1, 0.15) is 16.8 Å². The number of hydrogen-bond donors (Lipinski definition) is 1. The summed E-state index contributed by atoms with van der Waals surface area (Å²) < 4.78 is 42.9. The first-order valence-electron chi connectivity index (χ1n) is 9.92. The largest absolute Gasteiger partial charge is 0.355 e. The third kappa shape index (κ3) is 3.95. The highest BCUT2D eigenvalue weighted by Gasteiger charge is 2.40. The second-order valence-corrected chi connectivity index (χ2v) is 9.13. The fraction of sp³-hybridized carbons (Fsp3) is 0.333. The predicted octanol–water partition coefficient (Wildman–Crippen LogP) is 2.54. The molecule has 1 fully saturated rings. The van der Waals surface area contributed by atoms with Crippen molar-refractivity contribution in [2.24, 2.45) is 0 Å². The van der Waals surface area contributed by atoms with Crippen LogP contribution in [0.4, 0.5) is 4.39 Å². The second kappa shape index (κ2) is 8.53. The van der Waals surface area contributed by atoms with Crippen LogP contribution >= 0.6 is 0 Å². The molecule has 1 unspecified atom stereocenters.